The van der Waals surface area contributed by atoms with Gasteiger partial charge in [0.2, 0.25) is 0 Å². The van der Waals surface area contributed by atoms with Gasteiger partial charge in [0.15, 0.2) is 6.61 Å². The molecule has 0 N–H and O–H groups in total. The topological polar surface area (TPSA) is 62.7 Å². The zero-order valence-electron chi connectivity index (χ0n) is 20.6. The summed E-state index contributed by atoms with van der Waals surface area (Å²) >= 11 is 0. The second-order valence-corrected chi connectivity index (χ2v) is 9.88. The number of piperidine rings is 1. The van der Waals surface area contributed by atoms with Crippen molar-refractivity contribution in [3.8, 4) is 0 Å². The normalized spacial score (nSPS) is 20.5. The SMILES string of the molecule is C[C@@H]1CCC[C@@H](C)N1C(=O)COC(=O)c1c2c(nc3ccccc13)CCN(Cc1ccccc1)C2. The van der Waals surface area contributed by atoms with Gasteiger partial charge in [-0.15, -0.1) is 0 Å². The Labute approximate surface area is 206 Å². The van der Waals surface area contributed by atoms with Gasteiger partial charge in [-0.1, -0.05) is 48.5 Å². The number of fused-ring (bicyclic) bond motifs is 2. The van der Waals surface area contributed by atoms with E-state index in [9.17, 15) is 9.59 Å². The number of para-hydroxylation sites is 1. The van der Waals surface area contributed by atoms with Crippen LogP contribution in [0.4, 0.5) is 0 Å². The molecule has 0 bridgehead atoms. The molecule has 6 nitrogen and oxygen atoms in total. The molecule has 1 fully saturated rings. The highest BCUT2D eigenvalue weighted by molar-refractivity contribution is 6.05. The van der Waals surface area contributed by atoms with Gasteiger partial charge >= 0.3 is 5.97 Å². The van der Waals surface area contributed by atoms with E-state index in [0.29, 0.717) is 12.1 Å². The molecule has 1 amide bonds. The molecule has 2 aromatic carbocycles. The Morgan fingerprint density at radius 3 is 2.49 bits per heavy atom. The molecule has 35 heavy (non-hydrogen) atoms. The molecule has 2 aliphatic heterocycles. The molecular weight excluding hydrogens is 438 g/mol. The Balaban J connectivity index is 1.40. The predicted octanol–water partition coefficient (Wildman–Crippen LogP) is 4.74. The van der Waals surface area contributed by atoms with Crippen LogP contribution in [0.2, 0.25) is 0 Å². The van der Waals surface area contributed by atoms with Gasteiger partial charge in [0.25, 0.3) is 5.91 Å². The summed E-state index contributed by atoms with van der Waals surface area (Å²) in [5.74, 6) is -0.553. The second-order valence-electron chi connectivity index (χ2n) is 9.88. The third-order valence-corrected chi connectivity index (χ3v) is 7.39. The van der Waals surface area contributed by atoms with Gasteiger partial charge in [0.1, 0.15) is 0 Å². The zero-order valence-corrected chi connectivity index (χ0v) is 20.6. The molecule has 3 aromatic rings. The van der Waals surface area contributed by atoms with Gasteiger partial charge in [-0.2, -0.15) is 0 Å². The molecule has 1 saturated heterocycles. The third-order valence-electron chi connectivity index (χ3n) is 7.39. The van der Waals surface area contributed by atoms with Gasteiger partial charge in [-0.05, 0) is 44.7 Å². The van der Waals surface area contributed by atoms with Crippen molar-refractivity contribution in [2.75, 3.05) is 13.2 Å². The number of carbonyl (C=O) groups excluding carboxylic acids is 2. The van der Waals surface area contributed by atoms with Crippen molar-refractivity contribution >= 4 is 22.8 Å². The van der Waals surface area contributed by atoms with Gasteiger partial charge in [0, 0.05) is 54.8 Å². The molecule has 5 rings (SSSR count). The Hall–Kier alpha value is -3.25. The molecule has 1 aromatic heterocycles. The fraction of sp³-hybridized carbons (Fsp3) is 0.414. The van der Waals surface area contributed by atoms with E-state index in [-0.39, 0.29) is 24.6 Å². The molecular formula is C29H33N3O3. The van der Waals surface area contributed by atoms with Crippen LogP contribution in [-0.4, -0.2) is 51.9 Å². The van der Waals surface area contributed by atoms with E-state index in [0.717, 1.165) is 60.9 Å². The fourth-order valence-corrected chi connectivity index (χ4v) is 5.64. The quantitative estimate of drug-likeness (QED) is 0.503. The van der Waals surface area contributed by atoms with E-state index in [2.05, 4.69) is 30.9 Å². The summed E-state index contributed by atoms with van der Waals surface area (Å²) in [6.07, 6.45) is 3.88. The Kier molecular flexibility index (Phi) is 6.82. The summed E-state index contributed by atoms with van der Waals surface area (Å²) in [5, 5.41) is 0.782. The highest BCUT2D eigenvalue weighted by Crippen LogP contribution is 2.30. The average Bonchev–Trinajstić information content (AvgIpc) is 2.86. The van der Waals surface area contributed by atoms with Crippen molar-refractivity contribution in [1.82, 2.24) is 14.8 Å². The molecule has 0 aliphatic carbocycles. The average molecular weight is 472 g/mol. The Morgan fingerprint density at radius 2 is 1.71 bits per heavy atom. The number of hydrogen-bond donors (Lipinski definition) is 0. The predicted molar refractivity (Wildman–Crippen MR) is 136 cm³/mol. The van der Waals surface area contributed by atoms with Gasteiger partial charge < -0.3 is 9.64 Å². The summed E-state index contributed by atoms with van der Waals surface area (Å²) in [7, 11) is 0. The van der Waals surface area contributed by atoms with E-state index in [1.54, 1.807) is 0 Å². The number of likely N-dealkylation sites (tertiary alicyclic amines) is 1. The number of aromatic nitrogens is 1. The first kappa shape index (κ1) is 23.5. The third kappa shape index (κ3) is 4.94. The van der Waals surface area contributed by atoms with Crippen molar-refractivity contribution in [3.63, 3.8) is 0 Å². The standard InChI is InChI=1S/C29H33N3O3/c1-20-9-8-10-21(2)32(20)27(33)19-35-29(34)28-23-13-6-7-14-25(23)30-26-15-16-31(18-24(26)28)17-22-11-4-3-5-12-22/h3-7,11-14,20-21H,8-10,15-19H2,1-2H3/t20-,21-/m1/s1. The highest BCUT2D eigenvalue weighted by atomic mass is 16.5. The van der Waals surface area contributed by atoms with Crippen LogP contribution < -0.4 is 0 Å². The first-order valence-electron chi connectivity index (χ1n) is 12.7. The van der Waals surface area contributed by atoms with E-state index in [1.807, 2.05) is 47.4 Å². The van der Waals surface area contributed by atoms with Crippen LogP contribution in [0.1, 0.15) is 60.3 Å². The van der Waals surface area contributed by atoms with Crippen molar-refractivity contribution in [3.05, 3.63) is 77.0 Å². The molecule has 2 aliphatic rings. The number of nitrogens with zero attached hydrogens (tertiary/aromatic N) is 3. The minimum Gasteiger partial charge on any atom is -0.452 e. The number of carbonyl (C=O) groups is 2. The minimum atomic E-state index is -0.438. The number of benzene rings is 2. The van der Waals surface area contributed by atoms with Crippen LogP contribution >= 0.6 is 0 Å². The lowest BCUT2D eigenvalue weighted by Crippen LogP contribution is -2.49. The monoisotopic (exact) mass is 471 g/mol. The Morgan fingerprint density at radius 1 is 1.00 bits per heavy atom. The molecule has 3 heterocycles. The first-order valence-corrected chi connectivity index (χ1v) is 12.7. The molecule has 2 atom stereocenters. The second kappa shape index (κ2) is 10.2. The number of rotatable bonds is 5. The molecule has 6 heteroatoms. The summed E-state index contributed by atoms with van der Waals surface area (Å²) in [4.78, 5) is 35.6. The lowest BCUT2D eigenvalue weighted by molar-refractivity contribution is -0.140. The molecule has 0 radical (unpaired) electrons. The summed E-state index contributed by atoms with van der Waals surface area (Å²) < 4.78 is 5.69. The highest BCUT2D eigenvalue weighted by Gasteiger charge is 2.31. The van der Waals surface area contributed by atoms with E-state index < -0.39 is 5.97 Å². The van der Waals surface area contributed by atoms with Crippen molar-refractivity contribution in [2.45, 2.75) is 64.7 Å². The van der Waals surface area contributed by atoms with Crippen LogP contribution in [0.25, 0.3) is 10.9 Å². The fourth-order valence-electron chi connectivity index (χ4n) is 5.64. The van der Waals surface area contributed by atoms with Gasteiger partial charge in [0.05, 0.1) is 11.1 Å². The lowest BCUT2D eigenvalue weighted by Gasteiger charge is -2.38. The lowest BCUT2D eigenvalue weighted by atomic mass is 9.95. The maximum Gasteiger partial charge on any atom is 0.339 e. The smallest absolute Gasteiger partial charge is 0.339 e. The zero-order chi connectivity index (χ0) is 24.4. The van der Waals surface area contributed by atoms with Crippen LogP contribution in [0.3, 0.4) is 0 Å². The largest absolute Gasteiger partial charge is 0.452 e. The first-order chi connectivity index (χ1) is 17.0. The van der Waals surface area contributed by atoms with Gasteiger partial charge in [-0.3, -0.25) is 14.7 Å². The van der Waals surface area contributed by atoms with Crippen LogP contribution in [0.5, 0.6) is 0 Å². The van der Waals surface area contributed by atoms with E-state index in [4.69, 9.17) is 9.72 Å². The van der Waals surface area contributed by atoms with Crippen LogP contribution in [-0.2, 0) is 29.0 Å². The summed E-state index contributed by atoms with van der Waals surface area (Å²) in [6, 6.07) is 18.4. The molecule has 182 valence electrons. The number of esters is 1. The van der Waals surface area contributed by atoms with Gasteiger partial charge in [-0.25, -0.2) is 4.79 Å². The number of hydrogen-bond acceptors (Lipinski definition) is 5. The summed E-state index contributed by atoms with van der Waals surface area (Å²) in [5.41, 5.74) is 4.45. The maximum atomic E-state index is 13.5. The summed E-state index contributed by atoms with van der Waals surface area (Å²) in [6.45, 7) is 6.23. The molecule has 0 unspecified atom stereocenters. The number of amides is 1. The molecule has 0 spiro atoms. The van der Waals surface area contributed by atoms with Crippen LogP contribution in [0, 0.1) is 0 Å². The molecule has 0 saturated carbocycles. The number of pyridine rings is 1. The van der Waals surface area contributed by atoms with E-state index in [1.165, 1.54) is 5.56 Å². The van der Waals surface area contributed by atoms with Crippen molar-refractivity contribution in [1.29, 1.82) is 0 Å². The maximum absolute atomic E-state index is 13.5. The van der Waals surface area contributed by atoms with Crippen molar-refractivity contribution < 1.29 is 14.3 Å². The van der Waals surface area contributed by atoms with Crippen molar-refractivity contribution in [2.24, 2.45) is 0 Å². The van der Waals surface area contributed by atoms with E-state index >= 15 is 0 Å². The van der Waals surface area contributed by atoms with Crippen LogP contribution in [0.15, 0.2) is 54.6 Å². The minimum absolute atomic E-state index is 0.115. The Bertz CT molecular complexity index is 1220. The number of ether oxygens (including phenoxy) is 1.